The van der Waals surface area contributed by atoms with E-state index in [0.29, 0.717) is 24.3 Å². The Labute approximate surface area is 155 Å². The first-order chi connectivity index (χ1) is 13.1. The van der Waals surface area contributed by atoms with E-state index in [1.165, 1.54) is 0 Å². The van der Waals surface area contributed by atoms with E-state index < -0.39 is 17.8 Å². The zero-order valence-electron chi connectivity index (χ0n) is 15.2. The van der Waals surface area contributed by atoms with E-state index in [1.807, 2.05) is 26.0 Å². The number of imide groups is 2. The zero-order chi connectivity index (χ0) is 19.4. The van der Waals surface area contributed by atoms with Crippen LogP contribution in [0.1, 0.15) is 32.6 Å². The Kier molecular flexibility index (Phi) is 5.49. The molecule has 3 rings (SSSR count). The van der Waals surface area contributed by atoms with Crippen molar-refractivity contribution >= 4 is 17.8 Å². The van der Waals surface area contributed by atoms with Gasteiger partial charge in [0.25, 0.3) is 0 Å². The first-order valence-electron chi connectivity index (χ1n) is 8.78. The van der Waals surface area contributed by atoms with Crippen LogP contribution in [0.15, 0.2) is 28.8 Å². The Morgan fingerprint density at radius 3 is 2.56 bits per heavy atom. The first kappa shape index (κ1) is 18.6. The third-order valence-electron chi connectivity index (χ3n) is 4.06. The molecular weight excluding hydrogens is 352 g/mol. The molecule has 4 amide bonds. The molecule has 0 atom stereocenters. The Balaban J connectivity index is 1.77. The molecule has 0 bridgehead atoms. The van der Waals surface area contributed by atoms with E-state index in [-0.39, 0.29) is 24.8 Å². The van der Waals surface area contributed by atoms with Crippen LogP contribution in [0.3, 0.4) is 0 Å². The molecule has 142 valence electrons. The van der Waals surface area contributed by atoms with Crippen LogP contribution in [0.2, 0.25) is 0 Å². The minimum Gasteiger partial charge on any atom is -0.493 e. The van der Waals surface area contributed by atoms with E-state index in [9.17, 15) is 14.4 Å². The molecular formula is C18H20N4O5. The van der Waals surface area contributed by atoms with Gasteiger partial charge in [-0.3, -0.25) is 14.5 Å². The number of amides is 4. The van der Waals surface area contributed by atoms with Crippen molar-refractivity contribution in [2.75, 3.05) is 13.2 Å². The maximum atomic E-state index is 12.4. The number of hydrogen-bond acceptors (Lipinski definition) is 7. The highest BCUT2D eigenvalue weighted by Gasteiger charge is 2.44. The van der Waals surface area contributed by atoms with Gasteiger partial charge >= 0.3 is 17.8 Å². The third kappa shape index (κ3) is 3.67. The molecule has 0 unspecified atom stereocenters. The summed E-state index contributed by atoms with van der Waals surface area (Å²) in [6.45, 7) is 4.24. The lowest BCUT2D eigenvalue weighted by Gasteiger charge is -2.13. The topological polar surface area (TPSA) is 106 Å². The lowest BCUT2D eigenvalue weighted by Crippen LogP contribution is -2.33. The van der Waals surface area contributed by atoms with Gasteiger partial charge in [0, 0.05) is 6.54 Å². The molecule has 0 aliphatic carbocycles. The van der Waals surface area contributed by atoms with Crippen molar-refractivity contribution in [2.24, 2.45) is 0 Å². The minimum absolute atomic E-state index is 0.0585. The maximum Gasteiger partial charge on any atom is 0.334 e. The van der Waals surface area contributed by atoms with Crippen molar-refractivity contribution in [3.63, 3.8) is 0 Å². The van der Waals surface area contributed by atoms with E-state index >= 15 is 0 Å². The number of rotatable bonds is 8. The maximum absolute atomic E-state index is 12.4. The van der Waals surface area contributed by atoms with Crippen LogP contribution in [0.25, 0.3) is 11.4 Å². The van der Waals surface area contributed by atoms with E-state index in [4.69, 9.17) is 9.26 Å². The highest BCUT2D eigenvalue weighted by atomic mass is 16.5. The number of benzene rings is 1. The molecule has 9 heteroatoms. The van der Waals surface area contributed by atoms with Crippen molar-refractivity contribution in [2.45, 2.75) is 33.2 Å². The van der Waals surface area contributed by atoms with Gasteiger partial charge in [-0.15, -0.1) is 0 Å². The van der Waals surface area contributed by atoms with Gasteiger partial charge in [-0.2, -0.15) is 4.98 Å². The number of para-hydroxylation sites is 1. The normalized spacial score (nSPS) is 14.4. The minimum atomic E-state index is -0.884. The molecule has 0 N–H and O–H groups in total. The van der Waals surface area contributed by atoms with E-state index in [1.54, 1.807) is 12.1 Å². The Hall–Kier alpha value is -3.23. The van der Waals surface area contributed by atoms with Crippen LogP contribution < -0.4 is 4.74 Å². The fourth-order valence-electron chi connectivity index (χ4n) is 2.70. The molecule has 1 saturated heterocycles. The molecule has 27 heavy (non-hydrogen) atoms. The molecule has 1 aromatic carbocycles. The summed E-state index contributed by atoms with van der Waals surface area (Å²) >= 11 is 0. The summed E-state index contributed by atoms with van der Waals surface area (Å²) in [6.07, 6.45) is 1.44. The molecule has 1 aromatic heterocycles. The summed E-state index contributed by atoms with van der Waals surface area (Å²) in [5, 5.41) is 3.90. The Morgan fingerprint density at radius 1 is 1.07 bits per heavy atom. The SMILES string of the molecule is CCCCN1C(=O)C(=O)N(Cc2nc(-c3ccccc3OCC)no2)C1=O. The molecule has 0 saturated carbocycles. The lowest BCUT2D eigenvalue weighted by molar-refractivity contribution is -0.143. The van der Waals surface area contributed by atoms with Crippen molar-refractivity contribution < 1.29 is 23.6 Å². The van der Waals surface area contributed by atoms with Gasteiger partial charge in [-0.25, -0.2) is 9.69 Å². The summed E-state index contributed by atoms with van der Waals surface area (Å²) < 4.78 is 10.7. The summed E-state index contributed by atoms with van der Waals surface area (Å²) in [4.78, 5) is 42.5. The van der Waals surface area contributed by atoms with Gasteiger partial charge in [0.05, 0.1) is 12.2 Å². The van der Waals surface area contributed by atoms with E-state index in [0.717, 1.165) is 16.2 Å². The number of aromatic nitrogens is 2. The average Bonchev–Trinajstić information content (AvgIpc) is 3.21. The Bertz CT molecular complexity index is 863. The van der Waals surface area contributed by atoms with Crippen molar-refractivity contribution in [1.29, 1.82) is 0 Å². The molecule has 0 radical (unpaired) electrons. The van der Waals surface area contributed by atoms with Gasteiger partial charge in [-0.05, 0) is 25.5 Å². The quantitative estimate of drug-likeness (QED) is 0.517. The van der Waals surface area contributed by atoms with Gasteiger partial charge in [-0.1, -0.05) is 30.6 Å². The average molecular weight is 372 g/mol. The summed E-state index contributed by atoms with van der Waals surface area (Å²) in [6, 6.07) is 6.54. The van der Waals surface area contributed by atoms with Crippen LogP contribution in [-0.4, -0.2) is 50.9 Å². The number of urea groups is 1. The highest BCUT2D eigenvalue weighted by Crippen LogP contribution is 2.28. The van der Waals surface area contributed by atoms with Crippen LogP contribution in [-0.2, 0) is 16.1 Å². The second kappa shape index (κ2) is 7.98. The summed E-state index contributed by atoms with van der Waals surface area (Å²) in [5.41, 5.74) is 0.633. The number of ether oxygens (including phenoxy) is 1. The number of carbonyl (C=O) groups is 3. The fourth-order valence-corrected chi connectivity index (χ4v) is 2.70. The Morgan fingerprint density at radius 2 is 1.81 bits per heavy atom. The standard InChI is InChI=1S/C18H20N4O5/c1-3-5-10-21-16(23)17(24)22(18(21)25)11-14-19-15(20-27-14)12-8-6-7-9-13(12)26-4-2/h6-9H,3-5,10-11H2,1-2H3. The second-order valence-corrected chi connectivity index (χ2v) is 5.93. The van der Waals surface area contributed by atoms with Gasteiger partial charge < -0.3 is 9.26 Å². The van der Waals surface area contributed by atoms with Gasteiger partial charge in [0.1, 0.15) is 12.3 Å². The number of nitrogens with zero attached hydrogens (tertiary/aromatic N) is 4. The van der Waals surface area contributed by atoms with E-state index in [2.05, 4.69) is 10.1 Å². The predicted molar refractivity (Wildman–Crippen MR) is 93.5 cm³/mol. The second-order valence-electron chi connectivity index (χ2n) is 5.93. The first-order valence-corrected chi connectivity index (χ1v) is 8.78. The van der Waals surface area contributed by atoms with Gasteiger partial charge in [0.2, 0.25) is 11.7 Å². The molecule has 1 aliphatic heterocycles. The van der Waals surface area contributed by atoms with Gasteiger partial charge in [0.15, 0.2) is 0 Å². The van der Waals surface area contributed by atoms with Crippen LogP contribution in [0.5, 0.6) is 5.75 Å². The number of hydrogen-bond donors (Lipinski definition) is 0. The zero-order valence-corrected chi connectivity index (χ0v) is 15.2. The number of unbranched alkanes of at least 4 members (excludes halogenated alkanes) is 1. The molecule has 1 aliphatic rings. The molecule has 0 spiro atoms. The lowest BCUT2D eigenvalue weighted by atomic mass is 10.2. The molecule has 2 heterocycles. The highest BCUT2D eigenvalue weighted by molar-refractivity contribution is 6.44. The predicted octanol–water partition coefficient (Wildman–Crippen LogP) is 2.23. The molecule has 9 nitrogen and oxygen atoms in total. The smallest absolute Gasteiger partial charge is 0.334 e. The fraction of sp³-hybridized carbons (Fsp3) is 0.389. The van der Waals surface area contributed by atoms with Crippen molar-refractivity contribution in [3.8, 4) is 17.1 Å². The molecule has 2 aromatic rings. The van der Waals surface area contributed by atoms with Crippen LogP contribution in [0, 0.1) is 0 Å². The van der Waals surface area contributed by atoms with Crippen molar-refractivity contribution in [1.82, 2.24) is 19.9 Å². The third-order valence-corrected chi connectivity index (χ3v) is 4.06. The largest absolute Gasteiger partial charge is 0.493 e. The summed E-state index contributed by atoms with van der Waals surface area (Å²) in [5.74, 6) is -0.771. The van der Waals surface area contributed by atoms with Crippen LogP contribution >= 0.6 is 0 Å². The number of carbonyl (C=O) groups excluding carboxylic acids is 3. The monoisotopic (exact) mass is 372 g/mol. The van der Waals surface area contributed by atoms with Crippen LogP contribution in [0.4, 0.5) is 4.79 Å². The molecule has 1 fully saturated rings. The van der Waals surface area contributed by atoms with Crippen molar-refractivity contribution in [3.05, 3.63) is 30.2 Å². The summed E-state index contributed by atoms with van der Waals surface area (Å²) in [7, 11) is 0.